The van der Waals surface area contributed by atoms with E-state index in [0.717, 1.165) is 68.9 Å². The van der Waals surface area contributed by atoms with Crippen molar-refractivity contribution in [3.63, 3.8) is 0 Å². The zero-order chi connectivity index (χ0) is 22.7. The Bertz CT molecular complexity index is 1010. The van der Waals surface area contributed by atoms with Gasteiger partial charge in [0, 0.05) is 44.5 Å². The summed E-state index contributed by atoms with van der Waals surface area (Å²) in [7, 11) is 0. The Morgan fingerprint density at radius 1 is 1.12 bits per heavy atom. The highest BCUT2D eigenvalue weighted by Gasteiger charge is 2.27. The topological polar surface area (TPSA) is 68.9 Å². The molecule has 32 heavy (non-hydrogen) atoms. The second-order valence-electron chi connectivity index (χ2n) is 10.0. The largest absolute Gasteiger partial charge is 0.368 e. The summed E-state index contributed by atoms with van der Waals surface area (Å²) in [5.41, 5.74) is 4.68. The SMILES string of the molecule is CC(C)(C)CC1CCc2nc(C#N)ncc2C=C1CN1CCN(c2ccc(F)nc2)CC1. The molecule has 0 amide bonds. The van der Waals surface area contributed by atoms with Crippen LogP contribution in [0.25, 0.3) is 6.08 Å². The number of piperazine rings is 1. The van der Waals surface area contributed by atoms with Crippen LogP contribution in [0.15, 0.2) is 30.1 Å². The number of pyridine rings is 1. The normalized spacial score (nSPS) is 19.7. The van der Waals surface area contributed by atoms with Crippen LogP contribution in [0.1, 0.15) is 50.7 Å². The molecule has 1 atom stereocenters. The Kier molecular flexibility index (Phi) is 6.52. The number of rotatable bonds is 4. The number of nitriles is 1. The molecule has 1 aliphatic heterocycles. The number of hydrogen-bond donors (Lipinski definition) is 0. The van der Waals surface area contributed by atoms with Crippen LogP contribution in [0.5, 0.6) is 0 Å². The van der Waals surface area contributed by atoms with Crippen molar-refractivity contribution in [3.05, 3.63) is 53.1 Å². The second-order valence-corrected chi connectivity index (χ2v) is 10.0. The van der Waals surface area contributed by atoms with Crippen LogP contribution >= 0.6 is 0 Å². The van der Waals surface area contributed by atoms with Crippen LogP contribution < -0.4 is 4.90 Å². The molecule has 1 aliphatic carbocycles. The molecule has 1 fully saturated rings. The lowest BCUT2D eigenvalue weighted by Gasteiger charge is -2.37. The molecule has 0 saturated carbocycles. The van der Waals surface area contributed by atoms with Crippen molar-refractivity contribution in [1.82, 2.24) is 19.9 Å². The Hall–Kier alpha value is -2.85. The number of halogens is 1. The van der Waals surface area contributed by atoms with Gasteiger partial charge >= 0.3 is 0 Å². The third kappa shape index (κ3) is 5.49. The van der Waals surface area contributed by atoms with E-state index < -0.39 is 5.95 Å². The van der Waals surface area contributed by atoms with Gasteiger partial charge in [-0.2, -0.15) is 9.65 Å². The molecule has 3 heterocycles. The zero-order valence-corrected chi connectivity index (χ0v) is 19.2. The maximum absolute atomic E-state index is 13.1. The van der Waals surface area contributed by atoms with Gasteiger partial charge in [0.05, 0.1) is 17.6 Å². The molecule has 2 aliphatic rings. The smallest absolute Gasteiger partial charge is 0.232 e. The van der Waals surface area contributed by atoms with Gasteiger partial charge in [0.1, 0.15) is 6.07 Å². The summed E-state index contributed by atoms with van der Waals surface area (Å²) in [6.07, 6.45) is 8.73. The molecular formula is C25H31FN6. The van der Waals surface area contributed by atoms with Gasteiger partial charge in [0.15, 0.2) is 0 Å². The highest BCUT2D eigenvalue weighted by Crippen LogP contribution is 2.36. The Balaban J connectivity index is 1.50. The summed E-state index contributed by atoms with van der Waals surface area (Å²) < 4.78 is 13.1. The minimum Gasteiger partial charge on any atom is -0.368 e. The van der Waals surface area contributed by atoms with Crippen LogP contribution in [-0.2, 0) is 6.42 Å². The fourth-order valence-electron chi connectivity index (χ4n) is 4.74. The maximum Gasteiger partial charge on any atom is 0.232 e. The predicted octanol–water partition coefficient (Wildman–Crippen LogP) is 4.09. The third-order valence-corrected chi connectivity index (χ3v) is 6.31. The molecule has 0 aromatic carbocycles. The highest BCUT2D eigenvalue weighted by atomic mass is 19.1. The monoisotopic (exact) mass is 434 g/mol. The molecule has 6 nitrogen and oxygen atoms in total. The molecule has 1 unspecified atom stereocenters. The standard InChI is InChI=1S/C25H31FN6/c1-25(2,3)13-18-4-6-22-19(15-29-24(14-27)30-22)12-20(18)17-31-8-10-32(11-9-31)21-5-7-23(26)28-16-21/h5,7,12,15-16,18H,4,6,8-11,13,17H2,1-3H3. The summed E-state index contributed by atoms with van der Waals surface area (Å²) in [6.45, 7) is 11.5. The van der Waals surface area contributed by atoms with Crippen LogP contribution in [0.4, 0.5) is 10.1 Å². The second kappa shape index (κ2) is 9.33. The molecule has 0 spiro atoms. The van der Waals surface area contributed by atoms with Crippen LogP contribution in [0.3, 0.4) is 0 Å². The summed E-state index contributed by atoms with van der Waals surface area (Å²) >= 11 is 0. The zero-order valence-electron chi connectivity index (χ0n) is 19.2. The van der Waals surface area contributed by atoms with Gasteiger partial charge in [-0.15, -0.1) is 0 Å². The van der Waals surface area contributed by atoms with Gasteiger partial charge in [0.25, 0.3) is 0 Å². The first-order chi connectivity index (χ1) is 15.3. The lowest BCUT2D eigenvalue weighted by Crippen LogP contribution is -2.47. The first-order valence-corrected chi connectivity index (χ1v) is 11.4. The van der Waals surface area contributed by atoms with Crippen LogP contribution in [-0.4, -0.2) is 52.6 Å². The Morgan fingerprint density at radius 2 is 1.91 bits per heavy atom. The van der Waals surface area contributed by atoms with Crippen molar-refractivity contribution >= 4 is 11.8 Å². The van der Waals surface area contributed by atoms with Crippen LogP contribution in [0, 0.1) is 28.6 Å². The first kappa shape index (κ1) is 22.3. The highest BCUT2D eigenvalue weighted by molar-refractivity contribution is 5.57. The van der Waals surface area contributed by atoms with E-state index in [-0.39, 0.29) is 11.2 Å². The molecule has 1 saturated heterocycles. The van der Waals surface area contributed by atoms with Crippen molar-refractivity contribution in [3.8, 4) is 6.07 Å². The number of aryl methyl sites for hydroxylation is 1. The number of nitrogens with zero attached hydrogens (tertiary/aromatic N) is 6. The van der Waals surface area contributed by atoms with Crippen molar-refractivity contribution in [2.45, 2.75) is 40.0 Å². The van der Waals surface area contributed by atoms with E-state index in [1.165, 1.54) is 11.6 Å². The molecule has 0 N–H and O–H groups in total. The van der Waals surface area contributed by atoms with Gasteiger partial charge in [-0.25, -0.2) is 15.0 Å². The average Bonchev–Trinajstić information content (AvgIpc) is 2.92. The minimum absolute atomic E-state index is 0.234. The van der Waals surface area contributed by atoms with E-state index in [4.69, 9.17) is 0 Å². The summed E-state index contributed by atoms with van der Waals surface area (Å²) in [5.74, 6) is 0.289. The van der Waals surface area contributed by atoms with Crippen molar-refractivity contribution < 1.29 is 4.39 Å². The molecule has 0 bridgehead atoms. The van der Waals surface area contributed by atoms with Gasteiger partial charge in [-0.3, -0.25) is 4.90 Å². The van der Waals surface area contributed by atoms with Gasteiger partial charge < -0.3 is 4.90 Å². The molecule has 4 rings (SSSR count). The lowest BCUT2D eigenvalue weighted by atomic mass is 9.79. The van der Waals surface area contributed by atoms with E-state index >= 15 is 0 Å². The van der Waals surface area contributed by atoms with E-state index in [1.807, 2.05) is 0 Å². The van der Waals surface area contributed by atoms with E-state index in [1.54, 1.807) is 18.5 Å². The van der Waals surface area contributed by atoms with Crippen molar-refractivity contribution in [2.24, 2.45) is 11.3 Å². The number of fused-ring (bicyclic) bond motifs is 1. The van der Waals surface area contributed by atoms with Gasteiger partial charge in [0.2, 0.25) is 11.8 Å². The molecule has 2 aromatic rings. The summed E-state index contributed by atoms with van der Waals surface area (Å²) in [6, 6.07) is 5.29. The van der Waals surface area contributed by atoms with Crippen molar-refractivity contribution in [1.29, 1.82) is 5.26 Å². The Morgan fingerprint density at radius 3 is 2.56 bits per heavy atom. The average molecular weight is 435 g/mol. The predicted molar refractivity (Wildman–Crippen MR) is 123 cm³/mol. The van der Waals surface area contributed by atoms with Crippen molar-refractivity contribution in [2.75, 3.05) is 37.6 Å². The van der Waals surface area contributed by atoms with E-state index in [2.05, 4.69) is 57.7 Å². The molecule has 7 heteroatoms. The fourth-order valence-corrected chi connectivity index (χ4v) is 4.74. The summed E-state index contributed by atoms with van der Waals surface area (Å²) in [4.78, 5) is 17.3. The van der Waals surface area contributed by atoms with Gasteiger partial charge in [-0.1, -0.05) is 32.4 Å². The number of hydrogen-bond acceptors (Lipinski definition) is 6. The molecule has 168 valence electrons. The maximum atomic E-state index is 13.1. The Labute approximate surface area is 189 Å². The first-order valence-electron chi connectivity index (χ1n) is 11.4. The van der Waals surface area contributed by atoms with Crippen LogP contribution in [0.2, 0.25) is 0 Å². The van der Waals surface area contributed by atoms with Gasteiger partial charge in [-0.05, 0) is 42.7 Å². The number of aromatic nitrogens is 3. The summed E-state index contributed by atoms with van der Waals surface area (Å²) in [5, 5.41) is 9.18. The lowest BCUT2D eigenvalue weighted by molar-refractivity contribution is 0.252. The molecule has 0 radical (unpaired) electrons. The fraction of sp³-hybridized carbons (Fsp3) is 0.520. The third-order valence-electron chi connectivity index (χ3n) is 6.31. The number of anilines is 1. The molecular weight excluding hydrogens is 403 g/mol. The molecule has 2 aromatic heterocycles. The minimum atomic E-state index is -0.441. The quantitative estimate of drug-likeness (QED) is 0.675. The van der Waals surface area contributed by atoms with E-state index in [0.29, 0.717) is 5.92 Å². The van der Waals surface area contributed by atoms with E-state index in [9.17, 15) is 9.65 Å².